The van der Waals surface area contributed by atoms with E-state index in [2.05, 4.69) is 10.6 Å². The summed E-state index contributed by atoms with van der Waals surface area (Å²) in [5.41, 5.74) is -0.412. The van der Waals surface area contributed by atoms with Crippen LogP contribution in [0, 0.1) is 21.4 Å². The van der Waals surface area contributed by atoms with Crippen LogP contribution >= 0.6 is 136 Å². The van der Waals surface area contributed by atoms with Gasteiger partial charge in [-0.1, -0.05) is 0 Å². The number of carbonyl (C=O) groups excluding carboxylic acids is 6. The van der Waals surface area contributed by atoms with Crippen molar-refractivity contribution in [1.82, 2.24) is 19.6 Å². The molecule has 0 saturated heterocycles. The van der Waals surface area contributed by atoms with Gasteiger partial charge in [0.2, 0.25) is 0 Å². The Kier molecular flexibility index (Phi) is 26.7. The number of carbonyl (C=O) groups is 6. The number of anilines is 2. The Bertz CT molecular complexity index is 1930. The van der Waals surface area contributed by atoms with Crippen molar-refractivity contribution in [3.63, 3.8) is 0 Å². The lowest BCUT2D eigenvalue weighted by atomic mass is 10.1. The highest BCUT2D eigenvalue weighted by atomic mass is 127. The van der Waals surface area contributed by atoms with Crippen molar-refractivity contribution in [2.24, 2.45) is 0 Å². The minimum absolute atomic E-state index is 0.00358. The number of rotatable bonds is 24. The van der Waals surface area contributed by atoms with Crippen molar-refractivity contribution in [2.75, 3.05) is 104 Å². The van der Waals surface area contributed by atoms with Gasteiger partial charge in [0.15, 0.2) is 12.2 Å². The zero-order valence-electron chi connectivity index (χ0n) is 34.5. The van der Waals surface area contributed by atoms with Crippen molar-refractivity contribution < 1.29 is 79.8 Å². The number of nitrogens with one attached hydrogen (secondary N) is 2. The molecule has 4 atom stereocenters. The molecular formula is C37H48I6N6O16. The highest BCUT2D eigenvalue weighted by Crippen LogP contribution is 2.39. The van der Waals surface area contributed by atoms with E-state index in [9.17, 15) is 79.8 Å². The fourth-order valence-electron chi connectivity index (χ4n) is 5.74. The normalized spacial score (nSPS) is 13.1. The number of nitrogens with zero attached hydrogens (tertiary/aromatic N) is 4. The van der Waals surface area contributed by atoms with Gasteiger partial charge < -0.3 is 81.3 Å². The third-order valence-corrected chi connectivity index (χ3v) is 15.7. The summed E-state index contributed by atoms with van der Waals surface area (Å²) in [6.45, 7) is -5.66. The number of benzene rings is 2. The number of amides is 6. The molecule has 6 amide bonds. The number of aliphatic hydroxyl groups is 10. The zero-order valence-corrected chi connectivity index (χ0v) is 47.4. The van der Waals surface area contributed by atoms with E-state index in [4.69, 9.17) is 0 Å². The van der Waals surface area contributed by atoms with Crippen molar-refractivity contribution in [2.45, 2.75) is 30.8 Å². The zero-order chi connectivity index (χ0) is 49.6. The van der Waals surface area contributed by atoms with Gasteiger partial charge in [0.05, 0.1) is 99.8 Å². The van der Waals surface area contributed by atoms with E-state index >= 15 is 0 Å². The molecule has 0 heterocycles. The minimum Gasteiger partial charge on any atom is -0.395 e. The Morgan fingerprint density at radius 3 is 1.02 bits per heavy atom. The average molecular weight is 1590 g/mol. The topological polar surface area (TPSA) is 342 Å². The molecule has 0 aliphatic heterocycles. The predicted molar refractivity (Wildman–Crippen MR) is 283 cm³/mol. The van der Waals surface area contributed by atoms with Crippen LogP contribution in [-0.4, -0.2) is 224 Å². The second-order valence-electron chi connectivity index (χ2n) is 13.9. The lowest BCUT2D eigenvalue weighted by molar-refractivity contribution is -0.126. The number of halogens is 6. The molecule has 22 nitrogen and oxygen atoms in total. The fraction of sp³-hybridized carbons (Fsp3) is 0.514. The standard InChI is InChI=1S/C37H48I6N6O16/c1-46(34(62)20-24(38)22(36(64)48(6-8-50)10-16(56)12-52)28(42)30(26(20)40)44-32(60)18(58)14-54)4-3-5-47(2)35(63)21-25(39)23(37(65)49(7-9-51)11-17(57)13-53)29(43)31(27(21)41)45-33(61)19(59)15-55/h16-19,50-59H,3-15H2,1-2H3,(H,44,60)(H,45,61). The van der Waals surface area contributed by atoms with E-state index in [1.54, 1.807) is 136 Å². The molecule has 0 radical (unpaired) electrons. The Balaban J connectivity index is 2.62. The first-order valence-electron chi connectivity index (χ1n) is 19.0. The van der Waals surface area contributed by atoms with Crippen LogP contribution in [0.4, 0.5) is 11.4 Å². The second kappa shape index (κ2) is 28.8. The predicted octanol–water partition coefficient (Wildman–Crippen LogP) is -1.29. The molecule has 0 aromatic heterocycles. The Hall–Kier alpha value is -0.760. The summed E-state index contributed by atoms with van der Waals surface area (Å²) in [6, 6.07) is 0. The van der Waals surface area contributed by atoms with Crippen molar-refractivity contribution in [3.05, 3.63) is 43.7 Å². The smallest absolute Gasteiger partial charge is 0.256 e. The second-order valence-corrected chi connectivity index (χ2v) is 20.4. The minimum atomic E-state index is -1.86. The highest BCUT2D eigenvalue weighted by Gasteiger charge is 2.35. The number of aliphatic hydroxyl groups excluding tert-OH is 10. The molecule has 2 aromatic rings. The lowest BCUT2D eigenvalue weighted by Crippen LogP contribution is -2.42. The van der Waals surface area contributed by atoms with Crippen molar-refractivity contribution in [1.29, 1.82) is 0 Å². The maximum absolute atomic E-state index is 14.3. The van der Waals surface area contributed by atoms with Crippen molar-refractivity contribution >= 4 is 182 Å². The first-order valence-corrected chi connectivity index (χ1v) is 25.5. The Morgan fingerprint density at radius 2 is 0.754 bits per heavy atom. The van der Waals surface area contributed by atoms with Crippen LogP contribution in [0.5, 0.6) is 0 Å². The number of hydrogen-bond donors (Lipinski definition) is 12. The van der Waals surface area contributed by atoms with Crippen LogP contribution in [0.15, 0.2) is 0 Å². The van der Waals surface area contributed by atoms with Crippen LogP contribution in [0.25, 0.3) is 0 Å². The van der Waals surface area contributed by atoms with Crippen LogP contribution in [0.3, 0.4) is 0 Å². The molecule has 4 unspecified atom stereocenters. The van der Waals surface area contributed by atoms with Gasteiger partial charge in [-0.05, 0) is 142 Å². The fourth-order valence-corrected chi connectivity index (χ4v) is 14.5. The summed E-state index contributed by atoms with van der Waals surface area (Å²) in [5, 5.41) is 102. The largest absolute Gasteiger partial charge is 0.395 e. The van der Waals surface area contributed by atoms with Gasteiger partial charge in [-0.15, -0.1) is 0 Å². The summed E-state index contributed by atoms with van der Waals surface area (Å²) in [5.74, 6) is -4.91. The molecule has 2 rings (SSSR count). The molecule has 12 N–H and O–H groups in total. The van der Waals surface area contributed by atoms with Gasteiger partial charge in [0.25, 0.3) is 35.4 Å². The van der Waals surface area contributed by atoms with E-state index in [1.807, 2.05) is 0 Å². The van der Waals surface area contributed by atoms with E-state index in [-0.39, 0.29) is 87.6 Å². The summed E-state index contributed by atoms with van der Waals surface area (Å²) in [6.07, 6.45) is -6.33. The van der Waals surface area contributed by atoms with Gasteiger partial charge in [0.1, 0.15) is 0 Å². The average Bonchev–Trinajstić information content (AvgIpc) is 3.27. The molecule has 65 heavy (non-hydrogen) atoms. The van der Waals surface area contributed by atoms with Gasteiger partial charge in [-0.25, -0.2) is 0 Å². The summed E-state index contributed by atoms with van der Waals surface area (Å²) in [7, 11) is 2.90. The number of hydrogen-bond acceptors (Lipinski definition) is 16. The van der Waals surface area contributed by atoms with Gasteiger partial charge >= 0.3 is 0 Å². The molecule has 0 bridgehead atoms. The molecule has 0 aliphatic rings. The van der Waals surface area contributed by atoms with Crippen molar-refractivity contribution in [3.8, 4) is 0 Å². The third-order valence-electron chi connectivity index (χ3n) is 9.22. The van der Waals surface area contributed by atoms with Crippen LogP contribution < -0.4 is 10.6 Å². The third kappa shape index (κ3) is 15.6. The van der Waals surface area contributed by atoms with E-state index in [1.165, 1.54) is 23.9 Å². The quantitative estimate of drug-likeness (QED) is 0.0544. The van der Waals surface area contributed by atoms with Gasteiger partial charge in [-0.2, -0.15) is 0 Å². The SMILES string of the molecule is CN(CCCN(C)C(=O)c1c(I)c(NC(=O)C(O)CO)c(I)c(C(=O)N(CCO)CC(O)CO)c1I)C(=O)c1c(I)c(NC(=O)C(O)CO)c(I)c(C(=O)N(CCO)CC(O)CO)c1I. The molecule has 0 spiro atoms. The first-order chi connectivity index (χ1) is 30.5. The van der Waals surface area contributed by atoms with E-state index in [0.29, 0.717) is 0 Å². The lowest BCUT2D eigenvalue weighted by Gasteiger charge is -2.28. The molecule has 0 fully saturated rings. The first kappa shape index (κ1) is 60.4. The highest BCUT2D eigenvalue weighted by molar-refractivity contribution is 14.1. The van der Waals surface area contributed by atoms with E-state index < -0.39 is 113 Å². The van der Waals surface area contributed by atoms with Gasteiger partial charge in [-0.3, -0.25) is 28.8 Å². The summed E-state index contributed by atoms with van der Waals surface area (Å²) < 4.78 is 0.817. The van der Waals surface area contributed by atoms with Crippen LogP contribution in [-0.2, 0) is 9.59 Å². The Morgan fingerprint density at radius 1 is 0.462 bits per heavy atom. The molecular weight excluding hydrogens is 1550 g/mol. The summed E-state index contributed by atoms with van der Waals surface area (Å²) in [4.78, 5) is 87.0. The monoisotopic (exact) mass is 1590 g/mol. The Labute approximate surface area is 454 Å². The maximum atomic E-state index is 14.3. The molecule has 2 aromatic carbocycles. The molecule has 364 valence electrons. The molecule has 0 aliphatic carbocycles. The maximum Gasteiger partial charge on any atom is 0.256 e. The van der Waals surface area contributed by atoms with Gasteiger partial charge in [0, 0.05) is 60.5 Å². The van der Waals surface area contributed by atoms with E-state index in [0.717, 1.165) is 9.80 Å². The van der Waals surface area contributed by atoms with Crippen LogP contribution in [0.1, 0.15) is 47.9 Å². The summed E-state index contributed by atoms with van der Waals surface area (Å²) >= 11 is 10.7. The van der Waals surface area contributed by atoms with Crippen LogP contribution in [0.2, 0.25) is 0 Å². The molecule has 0 saturated carbocycles. The molecule has 28 heteroatoms.